The molecular formula is C9H17NS. The standard InChI is InChI=1S/C9H17NS/c1-7(10)8-6-9(8)2-4-11-5-3-9/h7-8H,2-6,10H2,1H3. The van der Waals surface area contributed by atoms with Crippen LogP contribution in [0.5, 0.6) is 0 Å². The fourth-order valence-electron chi connectivity index (χ4n) is 2.48. The third-order valence-electron chi connectivity index (χ3n) is 3.38. The molecule has 2 fully saturated rings. The zero-order valence-corrected chi connectivity index (χ0v) is 7.99. The number of hydrogen-bond donors (Lipinski definition) is 1. The number of rotatable bonds is 1. The average Bonchev–Trinajstić information content (AvgIpc) is 2.66. The summed E-state index contributed by atoms with van der Waals surface area (Å²) >= 11 is 2.11. The molecule has 1 aliphatic heterocycles. The minimum absolute atomic E-state index is 0.443. The first-order chi connectivity index (χ1) is 5.25. The summed E-state index contributed by atoms with van der Waals surface area (Å²) < 4.78 is 0. The predicted molar refractivity (Wildman–Crippen MR) is 50.7 cm³/mol. The van der Waals surface area contributed by atoms with Crippen molar-refractivity contribution in [2.45, 2.75) is 32.2 Å². The van der Waals surface area contributed by atoms with Gasteiger partial charge in [0.1, 0.15) is 0 Å². The van der Waals surface area contributed by atoms with Gasteiger partial charge in [-0.1, -0.05) is 0 Å². The molecule has 2 heteroatoms. The Kier molecular flexibility index (Phi) is 1.92. The second-order valence-corrected chi connectivity index (χ2v) is 5.37. The summed E-state index contributed by atoms with van der Waals surface area (Å²) in [6.07, 6.45) is 4.29. The molecule has 1 spiro atoms. The summed E-state index contributed by atoms with van der Waals surface area (Å²) in [5.74, 6) is 3.62. The maximum Gasteiger partial charge on any atom is 0.00442 e. The van der Waals surface area contributed by atoms with Crippen molar-refractivity contribution in [1.82, 2.24) is 0 Å². The topological polar surface area (TPSA) is 26.0 Å². The largest absolute Gasteiger partial charge is 0.328 e. The minimum Gasteiger partial charge on any atom is -0.328 e. The summed E-state index contributed by atoms with van der Waals surface area (Å²) in [4.78, 5) is 0. The molecule has 2 rings (SSSR count). The van der Waals surface area contributed by atoms with Crippen LogP contribution in [0.15, 0.2) is 0 Å². The fraction of sp³-hybridized carbons (Fsp3) is 1.00. The number of nitrogens with two attached hydrogens (primary N) is 1. The Morgan fingerprint density at radius 1 is 1.45 bits per heavy atom. The summed E-state index contributed by atoms with van der Waals surface area (Å²) in [6.45, 7) is 2.17. The molecule has 0 aromatic rings. The van der Waals surface area contributed by atoms with Crippen LogP contribution < -0.4 is 5.73 Å². The molecule has 0 aromatic heterocycles. The molecule has 2 aliphatic rings. The Balaban J connectivity index is 1.93. The molecular weight excluding hydrogens is 154 g/mol. The maximum absolute atomic E-state index is 5.90. The van der Waals surface area contributed by atoms with Gasteiger partial charge in [-0.25, -0.2) is 0 Å². The molecule has 2 unspecified atom stereocenters. The van der Waals surface area contributed by atoms with Gasteiger partial charge in [0.15, 0.2) is 0 Å². The summed E-state index contributed by atoms with van der Waals surface area (Å²) in [7, 11) is 0. The first-order valence-electron chi connectivity index (χ1n) is 4.58. The SMILES string of the molecule is CC(N)C1CC12CCSCC2. The van der Waals surface area contributed by atoms with Crippen LogP contribution in [0.3, 0.4) is 0 Å². The van der Waals surface area contributed by atoms with Gasteiger partial charge < -0.3 is 5.73 Å². The molecule has 64 valence electrons. The van der Waals surface area contributed by atoms with Gasteiger partial charge in [0.05, 0.1) is 0 Å². The Morgan fingerprint density at radius 2 is 2.09 bits per heavy atom. The van der Waals surface area contributed by atoms with Gasteiger partial charge in [-0.05, 0) is 49.0 Å². The fourth-order valence-corrected chi connectivity index (χ4v) is 3.78. The van der Waals surface area contributed by atoms with Gasteiger partial charge in [0.25, 0.3) is 0 Å². The quantitative estimate of drug-likeness (QED) is 0.652. The maximum atomic E-state index is 5.90. The second-order valence-electron chi connectivity index (χ2n) is 4.14. The highest BCUT2D eigenvalue weighted by Gasteiger charge is 2.55. The first kappa shape index (κ1) is 7.93. The van der Waals surface area contributed by atoms with Crippen LogP contribution in [0.25, 0.3) is 0 Å². The van der Waals surface area contributed by atoms with Gasteiger partial charge >= 0.3 is 0 Å². The number of thioether (sulfide) groups is 1. The molecule has 2 atom stereocenters. The Bertz CT molecular complexity index is 150. The van der Waals surface area contributed by atoms with Crippen LogP contribution in [0.4, 0.5) is 0 Å². The lowest BCUT2D eigenvalue weighted by Crippen LogP contribution is -2.24. The van der Waals surface area contributed by atoms with E-state index in [2.05, 4.69) is 18.7 Å². The van der Waals surface area contributed by atoms with E-state index < -0.39 is 0 Å². The smallest absolute Gasteiger partial charge is 0.00442 e. The van der Waals surface area contributed by atoms with Crippen LogP contribution in [-0.4, -0.2) is 17.5 Å². The van der Waals surface area contributed by atoms with Crippen LogP contribution in [0, 0.1) is 11.3 Å². The van der Waals surface area contributed by atoms with Crippen molar-refractivity contribution >= 4 is 11.8 Å². The van der Waals surface area contributed by atoms with Gasteiger partial charge in [-0.2, -0.15) is 11.8 Å². The van der Waals surface area contributed by atoms with Crippen LogP contribution in [-0.2, 0) is 0 Å². The Hall–Kier alpha value is 0.310. The predicted octanol–water partition coefficient (Wildman–Crippen LogP) is 1.87. The van der Waals surface area contributed by atoms with E-state index in [4.69, 9.17) is 5.73 Å². The van der Waals surface area contributed by atoms with E-state index in [1.54, 1.807) is 0 Å². The summed E-state index contributed by atoms with van der Waals surface area (Å²) in [5.41, 5.74) is 6.62. The van der Waals surface area contributed by atoms with E-state index in [1.807, 2.05) is 0 Å². The lowest BCUT2D eigenvalue weighted by molar-refractivity contribution is 0.394. The van der Waals surface area contributed by atoms with Crippen LogP contribution in [0.1, 0.15) is 26.2 Å². The summed E-state index contributed by atoms with van der Waals surface area (Å²) in [6, 6.07) is 0.443. The minimum atomic E-state index is 0.443. The zero-order valence-electron chi connectivity index (χ0n) is 7.18. The molecule has 1 nitrogen and oxygen atoms in total. The molecule has 0 radical (unpaired) electrons. The monoisotopic (exact) mass is 171 g/mol. The van der Waals surface area contributed by atoms with Crippen molar-refractivity contribution in [3.63, 3.8) is 0 Å². The molecule has 0 aromatic carbocycles. The van der Waals surface area contributed by atoms with E-state index in [-0.39, 0.29) is 0 Å². The normalized spacial score (nSPS) is 37.1. The van der Waals surface area contributed by atoms with Crippen LogP contribution >= 0.6 is 11.8 Å². The first-order valence-corrected chi connectivity index (χ1v) is 5.73. The molecule has 1 heterocycles. The molecule has 0 bridgehead atoms. The third-order valence-corrected chi connectivity index (χ3v) is 4.36. The highest BCUT2D eigenvalue weighted by molar-refractivity contribution is 7.99. The van der Waals surface area contributed by atoms with Crippen molar-refractivity contribution < 1.29 is 0 Å². The second kappa shape index (κ2) is 2.67. The van der Waals surface area contributed by atoms with Crippen molar-refractivity contribution in [1.29, 1.82) is 0 Å². The molecule has 1 saturated heterocycles. The van der Waals surface area contributed by atoms with Gasteiger partial charge in [-0.3, -0.25) is 0 Å². The van der Waals surface area contributed by atoms with E-state index in [9.17, 15) is 0 Å². The van der Waals surface area contributed by atoms with E-state index >= 15 is 0 Å². The van der Waals surface area contributed by atoms with Crippen molar-refractivity contribution in [3.05, 3.63) is 0 Å². The van der Waals surface area contributed by atoms with Gasteiger partial charge in [0.2, 0.25) is 0 Å². The summed E-state index contributed by atoms with van der Waals surface area (Å²) in [5, 5.41) is 0. The molecule has 0 amide bonds. The highest BCUT2D eigenvalue weighted by atomic mass is 32.2. The Morgan fingerprint density at radius 3 is 2.55 bits per heavy atom. The lowest BCUT2D eigenvalue weighted by Gasteiger charge is -2.23. The molecule has 11 heavy (non-hydrogen) atoms. The van der Waals surface area contributed by atoms with E-state index in [0.717, 1.165) is 11.3 Å². The van der Waals surface area contributed by atoms with Crippen molar-refractivity contribution in [2.24, 2.45) is 17.1 Å². The van der Waals surface area contributed by atoms with Crippen LogP contribution in [0.2, 0.25) is 0 Å². The lowest BCUT2D eigenvalue weighted by atomic mass is 9.94. The third kappa shape index (κ3) is 1.31. The van der Waals surface area contributed by atoms with E-state index in [0.29, 0.717) is 6.04 Å². The molecule has 1 saturated carbocycles. The van der Waals surface area contributed by atoms with E-state index in [1.165, 1.54) is 30.8 Å². The van der Waals surface area contributed by atoms with Crippen molar-refractivity contribution in [3.8, 4) is 0 Å². The van der Waals surface area contributed by atoms with Crippen molar-refractivity contribution in [2.75, 3.05) is 11.5 Å². The molecule has 1 aliphatic carbocycles. The number of hydrogen-bond acceptors (Lipinski definition) is 2. The average molecular weight is 171 g/mol. The zero-order chi connectivity index (χ0) is 7.90. The Labute approximate surface area is 73.1 Å². The van der Waals surface area contributed by atoms with Gasteiger partial charge in [-0.15, -0.1) is 0 Å². The van der Waals surface area contributed by atoms with Gasteiger partial charge in [0, 0.05) is 6.04 Å². The molecule has 2 N–H and O–H groups in total. The highest BCUT2D eigenvalue weighted by Crippen LogP contribution is 2.61.